The van der Waals surface area contributed by atoms with Crippen LogP contribution in [-0.2, 0) is 0 Å². The highest BCUT2D eigenvalue weighted by Crippen LogP contribution is 1.96. The van der Waals surface area contributed by atoms with Crippen LogP contribution in [0.3, 0.4) is 0 Å². The van der Waals surface area contributed by atoms with Crippen molar-refractivity contribution in [2.75, 3.05) is 5.75 Å². The van der Waals surface area contributed by atoms with Crippen molar-refractivity contribution < 1.29 is 0 Å². The van der Waals surface area contributed by atoms with Gasteiger partial charge in [0.2, 0.25) is 0 Å². The topological polar surface area (TPSA) is 12.0 Å². The van der Waals surface area contributed by atoms with Crippen LogP contribution in [0.2, 0.25) is 0 Å². The van der Waals surface area contributed by atoms with Gasteiger partial charge in [-0.3, -0.25) is 4.72 Å². The van der Waals surface area contributed by atoms with Gasteiger partial charge in [0.05, 0.1) is 0 Å². The Morgan fingerprint density at radius 3 is 2.33 bits per heavy atom. The van der Waals surface area contributed by atoms with Crippen LogP contribution in [0, 0.1) is 0 Å². The summed E-state index contributed by atoms with van der Waals surface area (Å²) < 4.78 is 3.26. The number of hydrogen-bond donors (Lipinski definition) is 1. The zero-order valence-corrected chi connectivity index (χ0v) is 7.94. The van der Waals surface area contributed by atoms with E-state index in [0.29, 0.717) is 6.04 Å². The van der Waals surface area contributed by atoms with E-state index in [2.05, 4.69) is 25.5 Å². The molecule has 0 atom stereocenters. The molecule has 0 amide bonds. The molecule has 1 N–H and O–H groups in total. The monoisotopic (exact) mass is 169 g/mol. The molecule has 0 radical (unpaired) electrons. The van der Waals surface area contributed by atoms with E-state index < -0.39 is 0 Å². The fourth-order valence-corrected chi connectivity index (χ4v) is 0.983. The van der Waals surface area contributed by atoms with Gasteiger partial charge in [0.25, 0.3) is 0 Å². The van der Waals surface area contributed by atoms with Gasteiger partial charge in [0.15, 0.2) is 0 Å². The standard InChI is InChI=1S/C6H15NS.ClH/c1-4-5-8-7-6(2)3;/h6-7H,4-5H2,1-3H3;1H. The summed E-state index contributed by atoms with van der Waals surface area (Å²) in [5.74, 6) is 1.22. The Labute approximate surface area is 68.5 Å². The van der Waals surface area contributed by atoms with Crippen LogP contribution in [0.25, 0.3) is 0 Å². The molecule has 0 aromatic heterocycles. The molecule has 0 aliphatic carbocycles. The minimum atomic E-state index is 0. The molecule has 0 aliphatic heterocycles. The van der Waals surface area contributed by atoms with Gasteiger partial charge in [0.1, 0.15) is 0 Å². The molecule has 0 spiro atoms. The molecule has 0 fully saturated rings. The molecule has 0 aromatic rings. The minimum absolute atomic E-state index is 0. The maximum absolute atomic E-state index is 3.26. The fraction of sp³-hybridized carbons (Fsp3) is 1.00. The van der Waals surface area contributed by atoms with Gasteiger partial charge in [-0.2, -0.15) is 0 Å². The van der Waals surface area contributed by atoms with Crippen molar-refractivity contribution in [2.24, 2.45) is 0 Å². The zero-order valence-electron chi connectivity index (χ0n) is 6.31. The Bertz CT molecular complexity index is 50.3. The second-order valence-electron chi connectivity index (χ2n) is 2.12. The normalized spacial score (nSPS) is 9.33. The predicted molar refractivity (Wildman–Crippen MR) is 48.3 cm³/mol. The predicted octanol–water partition coefficient (Wildman–Crippen LogP) is 2.46. The van der Waals surface area contributed by atoms with Crippen LogP contribution in [0.4, 0.5) is 0 Å². The van der Waals surface area contributed by atoms with Crippen molar-refractivity contribution in [3.8, 4) is 0 Å². The van der Waals surface area contributed by atoms with E-state index in [4.69, 9.17) is 0 Å². The van der Waals surface area contributed by atoms with Gasteiger partial charge in [-0.1, -0.05) is 18.9 Å². The lowest BCUT2D eigenvalue weighted by molar-refractivity contribution is 0.770. The van der Waals surface area contributed by atoms with Gasteiger partial charge in [0, 0.05) is 11.8 Å². The van der Waals surface area contributed by atoms with Gasteiger partial charge in [-0.25, -0.2) is 0 Å². The largest absolute Gasteiger partial charge is 0.262 e. The first-order valence-corrected chi connectivity index (χ1v) is 4.13. The highest BCUT2D eigenvalue weighted by atomic mass is 35.5. The third-order valence-electron chi connectivity index (χ3n) is 0.625. The van der Waals surface area contributed by atoms with Gasteiger partial charge < -0.3 is 0 Å². The van der Waals surface area contributed by atoms with E-state index in [1.54, 1.807) is 0 Å². The van der Waals surface area contributed by atoms with Crippen LogP contribution in [-0.4, -0.2) is 11.8 Å². The minimum Gasteiger partial charge on any atom is -0.262 e. The molecular weight excluding hydrogens is 154 g/mol. The molecule has 3 heteroatoms. The van der Waals surface area contributed by atoms with Crippen LogP contribution < -0.4 is 4.72 Å². The molecule has 1 nitrogen and oxygen atoms in total. The average Bonchev–Trinajstić information content (AvgIpc) is 1.66. The molecule has 0 rings (SSSR count). The van der Waals surface area contributed by atoms with Gasteiger partial charge >= 0.3 is 0 Å². The third-order valence-corrected chi connectivity index (χ3v) is 1.88. The van der Waals surface area contributed by atoms with Crippen molar-refractivity contribution >= 4 is 24.4 Å². The fourth-order valence-electron chi connectivity index (χ4n) is 0.328. The number of halogens is 1. The van der Waals surface area contributed by atoms with Gasteiger partial charge in [-0.05, 0) is 20.3 Å². The van der Waals surface area contributed by atoms with Crippen molar-refractivity contribution in [3.05, 3.63) is 0 Å². The van der Waals surface area contributed by atoms with E-state index in [1.807, 2.05) is 11.9 Å². The van der Waals surface area contributed by atoms with Crippen molar-refractivity contribution in [1.29, 1.82) is 0 Å². The molecule has 0 saturated heterocycles. The lowest BCUT2D eigenvalue weighted by Crippen LogP contribution is -2.14. The zero-order chi connectivity index (χ0) is 6.41. The molecule has 0 aliphatic rings. The van der Waals surface area contributed by atoms with E-state index in [1.165, 1.54) is 12.2 Å². The van der Waals surface area contributed by atoms with E-state index in [-0.39, 0.29) is 12.4 Å². The summed E-state index contributed by atoms with van der Waals surface area (Å²) in [4.78, 5) is 0. The molecule has 58 valence electrons. The van der Waals surface area contributed by atoms with Crippen LogP contribution in [0.15, 0.2) is 0 Å². The van der Waals surface area contributed by atoms with E-state index in [9.17, 15) is 0 Å². The number of nitrogens with one attached hydrogen (secondary N) is 1. The molecule has 0 unspecified atom stereocenters. The summed E-state index contributed by atoms with van der Waals surface area (Å²) in [6.45, 7) is 6.50. The summed E-state index contributed by atoms with van der Waals surface area (Å²) in [7, 11) is 0. The van der Waals surface area contributed by atoms with Crippen molar-refractivity contribution in [3.63, 3.8) is 0 Å². The Hall–Kier alpha value is 0.600. The van der Waals surface area contributed by atoms with Crippen molar-refractivity contribution in [2.45, 2.75) is 33.2 Å². The lowest BCUT2D eigenvalue weighted by Gasteiger charge is -2.04. The third kappa shape index (κ3) is 11.9. The van der Waals surface area contributed by atoms with E-state index >= 15 is 0 Å². The Morgan fingerprint density at radius 2 is 2.00 bits per heavy atom. The molecular formula is C6H16ClNS. The van der Waals surface area contributed by atoms with Crippen LogP contribution >= 0.6 is 24.4 Å². The maximum atomic E-state index is 3.26. The van der Waals surface area contributed by atoms with E-state index in [0.717, 1.165) is 0 Å². The number of hydrogen-bond acceptors (Lipinski definition) is 2. The van der Waals surface area contributed by atoms with Crippen molar-refractivity contribution in [1.82, 2.24) is 4.72 Å². The average molecular weight is 170 g/mol. The Morgan fingerprint density at radius 1 is 1.44 bits per heavy atom. The first-order chi connectivity index (χ1) is 3.77. The first kappa shape index (κ1) is 12.3. The summed E-state index contributed by atoms with van der Waals surface area (Å²) in [5, 5.41) is 0. The summed E-state index contributed by atoms with van der Waals surface area (Å²) >= 11 is 1.81. The number of rotatable bonds is 4. The highest BCUT2D eigenvalue weighted by molar-refractivity contribution is 7.97. The molecule has 0 saturated carbocycles. The summed E-state index contributed by atoms with van der Waals surface area (Å²) in [6, 6.07) is 0.617. The van der Waals surface area contributed by atoms with Crippen LogP contribution in [0.1, 0.15) is 27.2 Å². The second-order valence-corrected chi connectivity index (χ2v) is 3.05. The molecule has 9 heavy (non-hydrogen) atoms. The lowest BCUT2D eigenvalue weighted by atomic mass is 10.4. The Kier molecular flexibility index (Phi) is 11.7. The molecule has 0 bridgehead atoms. The first-order valence-electron chi connectivity index (χ1n) is 3.14. The quantitative estimate of drug-likeness (QED) is 0.513. The Balaban J connectivity index is 0. The maximum Gasteiger partial charge on any atom is 0.0115 e. The molecule has 0 heterocycles. The van der Waals surface area contributed by atoms with Crippen LogP contribution in [0.5, 0.6) is 0 Å². The highest BCUT2D eigenvalue weighted by Gasteiger charge is 1.88. The second kappa shape index (κ2) is 8.60. The SMILES string of the molecule is CCCSNC(C)C.Cl. The smallest absolute Gasteiger partial charge is 0.0115 e. The van der Waals surface area contributed by atoms with Gasteiger partial charge in [-0.15, -0.1) is 12.4 Å². The summed E-state index contributed by atoms with van der Waals surface area (Å²) in [6.07, 6.45) is 1.25. The molecule has 0 aromatic carbocycles. The summed E-state index contributed by atoms with van der Waals surface area (Å²) in [5.41, 5.74) is 0.